The molecule has 0 radical (unpaired) electrons. The Hall–Kier alpha value is -2.01. The molecule has 0 fully saturated rings. The third-order valence-electron chi connectivity index (χ3n) is 3.48. The number of halogens is 1. The lowest BCUT2D eigenvalue weighted by atomic mass is 10.2. The molecular formula is C18H20FNO2S. The predicted molar refractivity (Wildman–Crippen MR) is 93.5 cm³/mol. The molecule has 23 heavy (non-hydrogen) atoms. The Morgan fingerprint density at radius 1 is 1.13 bits per heavy atom. The van der Waals surface area contributed by atoms with Crippen molar-refractivity contribution in [2.24, 2.45) is 0 Å². The molecule has 2 aromatic carbocycles. The van der Waals surface area contributed by atoms with Crippen LogP contribution in [0.5, 0.6) is 5.75 Å². The topological polar surface area (TPSA) is 38.3 Å². The molecule has 0 heterocycles. The average molecular weight is 333 g/mol. The number of carbonyl (C=O) groups excluding carboxylic acids is 1. The van der Waals surface area contributed by atoms with Crippen LogP contribution in [0, 0.1) is 5.82 Å². The zero-order chi connectivity index (χ0) is 16.8. The Morgan fingerprint density at radius 3 is 2.43 bits per heavy atom. The number of carbonyl (C=O) groups is 1. The fourth-order valence-electron chi connectivity index (χ4n) is 2.16. The number of thioether (sulfide) groups is 1. The molecule has 0 aliphatic carbocycles. The number of hydrogen-bond acceptors (Lipinski definition) is 3. The zero-order valence-corrected chi connectivity index (χ0v) is 14.2. The minimum absolute atomic E-state index is 0.0894. The first kappa shape index (κ1) is 17.3. The van der Waals surface area contributed by atoms with Crippen LogP contribution in [0.4, 0.5) is 10.1 Å². The standard InChI is InChI=1S/C18H20FNO2S/c1-12(14-8-10-15(19)11-9-14)23-13(2)18(21)20-16-6-4-5-7-17(16)22-3/h4-13H,1-3H3,(H,20,21). The molecule has 2 unspecified atom stereocenters. The molecule has 0 saturated carbocycles. The minimum atomic E-state index is -0.257. The van der Waals surface area contributed by atoms with E-state index in [9.17, 15) is 9.18 Å². The predicted octanol–water partition coefficient (Wildman–Crippen LogP) is 4.66. The number of benzene rings is 2. The van der Waals surface area contributed by atoms with E-state index in [1.54, 1.807) is 31.4 Å². The van der Waals surface area contributed by atoms with Crippen LogP contribution in [-0.4, -0.2) is 18.3 Å². The van der Waals surface area contributed by atoms with Gasteiger partial charge in [-0.25, -0.2) is 4.39 Å². The van der Waals surface area contributed by atoms with Crippen molar-refractivity contribution < 1.29 is 13.9 Å². The summed E-state index contributed by atoms with van der Waals surface area (Å²) in [6, 6.07) is 13.7. The number of amides is 1. The Balaban J connectivity index is 1.98. The van der Waals surface area contributed by atoms with Crippen molar-refractivity contribution in [3.63, 3.8) is 0 Å². The van der Waals surface area contributed by atoms with Gasteiger partial charge in [0.1, 0.15) is 11.6 Å². The van der Waals surface area contributed by atoms with E-state index in [0.29, 0.717) is 11.4 Å². The van der Waals surface area contributed by atoms with Gasteiger partial charge in [0.2, 0.25) is 5.91 Å². The van der Waals surface area contributed by atoms with Crippen molar-refractivity contribution in [2.75, 3.05) is 12.4 Å². The number of methoxy groups -OCH3 is 1. The second kappa shape index (κ2) is 8.02. The summed E-state index contributed by atoms with van der Waals surface area (Å²) in [5.41, 5.74) is 1.65. The van der Waals surface area contributed by atoms with Crippen LogP contribution in [0.1, 0.15) is 24.7 Å². The lowest BCUT2D eigenvalue weighted by Gasteiger charge is -2.18. The van der Waals surface area contributed by atoms with Gasteiger partial charge in [-0.1, -0.05) is 24.3 Å². The lowest BCUT2D eigenvalue weighted by Crippen LogP contribution is -2.23. The molecule has 0 bridgehead atoms. The number of anilines is 1. The fraction of sp³-hybridized carbons (Fsp3) is 0.278. The first-order chi connectivity index (χ1) is 11.0. The van der Waals surface area contributed by atoms with Crippen molar-refractivity contribution in [2.45, 2.75) is 24.3 Å². The molecule has 1 N–H and O–H groups in total. The van der Waals surface area contributed by atoms with Gasteiger partial charge < -0.3 is 10.1 Å². The average Bonchev–Trinajstić information content (AvgIpc) is 2.55. The summed E-state index contributed by atoms with van der Waals surface area (Å²) in [6.07, 6.45) is 0. The molecule has 3 nitrogen and oxygen atoms in total. The van der Waals surface area contributed by atoms with E-state index in [4.69, 9.17) is 4.74 Å². The third kappa shape index (κ3) is 4.73. The van der Waals surface area contributed by atoms with Crippen LogP contribution >= 0.6 is 11.8 Å². The summed E-state index contributed by atoms with van der Waals surface area (Å²) in [4.78, 5) is 12.4. The fourth-order valence-corrected chi connectivity index (χ4v) is 3.27. The highest BCUT2D eigenvalue weighted by Gasteiger charge is 2.19. The van der Waals surface area contributed by atoms with Crippen LogP contribution < -0.4 is 10.1 Å². The largest absolute Gasteiger partial charge is 0.495 e. The lowest BCUT2D eigenvalue weighted by molar-refractivity contribution is -0.115. The van der Waals surface area contributed by atoms with E-state index < -0.39 is 0 Å². The number of nitrogens with one attached hydrogen (secondary N) is 1. The molecule has 0 aliphatic heterocycles. The maximum Gasteiger partial charge on any atom is 0.237 e. The summed E-state index contributed by atoms with van der Waals surface area (Å²) < 4.78 is 18.2. The van der Waals surface area contributed by atoms with Gasteiger partial charge in [0, 0.05) is 5.25 Å². The van der Waals surface area contributed by atoms with E-state index in [-0.39, 0.29) is 22.2 Å². The van der Waals surface area contributed by atoms with E-state index in [2.05, 4.69) is 5.32 Å². The van der Waals surface area contributed by atoms with Crippen LogP contribution in [0.2, 0.25) is 0 Å². The first-order valence-electron chi connectivity index (χ1n) is 7.36. The second-order valence-electron chi connectivity index (χ2n) is 5.16. The van der Waals surface area contributed by atoms with Crippen molar-refractivity contribution in [1.29, 1.82) is 0 Å². The molecule has 0 saturated heterocycles. The Morgan fingerprint density at radius 2 is 1.78 bits per heavy atom. The van der Waals surface area contributed by atoms with Crippen molar-refractivity contribution in [3.8, 4) is 5.75 Å². The van der Waals surface area contributed by atoms with Crippen LogP contribution in [0.25, 0.3) is 0 Å². The molecule has 2 aromatic rings. The van der Waals surface area contributed by atoms with Gasteiger partial charge in [0.15, 0.2) is 0 Å². The molecule has 2 atom stereocenters. The summed E-state index contributed by atoms with van der Waals surface area (Å²) >= 11 is 1.52. The summed E-state index contributed by atoms with van der Waals surface area (Å²) in [6.45, 7) is 3.86. The molecule has 5 heteroatoms. The van der Waals surface area contributed by atoms with E-state index in [0.717, 1.165) is 5.56 Å². The van der Waals surface area contributed by atoms with Crippen molar-refractivity contribution >= 4 is 23.4 Å². The quantitative estimate of drug-likeness (QED) is 0.836. The first-order valence-corrected chi connectivity index (χ1v) is 8.30. The van der Waals surface area contributed by atoms with Gasteiger partial charge >= 0.3 is 0 Å². The van der Waals surface area contributed by atoms with Gasteiger partial charge in [-0.15, -0.1) is 11.8 Å². The summed E-state index contributed by atoms with van der Waals surface area (Å²) in [5, 5.41) is 2.72. The molecular weight excluding hydrogens is 313 g/mol. The second-order valence-corrected chi connectivity index (χ2v) is 6.85. The van der Waals surface area contributed by atoms with E-state index >= 15 is 0 Å². The van der Waals surface area contributed by atoms with E-state index in [1.165, 1.54) is 23.9 Å². The van der Waals surface area contributed by atoms with Gasteiger partial charge in [-0.3, -0.25) is 4.79 Å². The number of para-hydroxylation sites is 2. The Kier molecular flexibility index (Phi) is 6.04. The SMILES string of the molecule is COc1ccccc1NC(=O)C(C)SC(C)c1ccc(F)cc1. The van der Waals surface area contributed by atoms with Crippen LogP contribution in [-0.2, 0) is 4.79 Å². The molecule has 122 valence electrons. The molecule has 0 spiro atoms. The number of hydrogen-bond donors (Lipinski definition) is 1. The Bertz CT molecular complexity index is 660. The highest BCUT2D eigenvalue weighted by Crippen LogP contribution is 2.33. The molecule has 0 aromatic heterocycles. The minimum Gasteiger partial charge on any atom is -0.495 e. The highest BCUT2D eigenvalue weighted by molar-refractivity contribution is 8.00. The zero-order valence-electron chi connectivity index (χ0n) is 13.4. The monoisotopic (exact) mass is 333 g/mol. The maximum absolute atomic E-state index is 13.0. The van der Waals surface area contributed by atoms with Gasteiger partial charge in [-0.2, -0.15) is 0 Å². The molecule has 0 aliphatic rings. The van der Waals surface area contributed by atoms with Gasteiger partial charge in [0.05, 0.1) is 18.0 Å². The van der Waals surface area contributed by atoms with Gasteiger partial charge in [-0.05, 0) is 43.7 Å². The molecule has 1 amide bonds. The number of ether oxygens (including phenoxy) is 1. The van der Waals surface area contributed by atoms with Crippen molar-refractivity contribution in [1.82, 2.24) is 0 Å². The Labute approximate surface area is 140 Å². The number of rotatable bonds is 6. The highest BCUT2D eigenvalue weighted by atomic mass is 32.2. The third-order valence-corrected chi connectivity index (χ3v) is 4.78. The van der Waals surface area contributed by atoms with Crippen LogP contribution in [0.3, 0.4) is 0 Å². The van der Waals surface area contributed by atoms with Gasteiger partial charge in [0.25, 0.3) is 0 Å². The van der Waals surface area contributed by atoms with E-state index in [1.807, 2.05) is 26.0 Å². The summed E-state index contributed by atoms with van der Waals surface area (Å²) in [5.74, 6) is 0.283. The summed E-state index contributed by atoms with van der Waals surface area (Å²) in [7, 11) is 1.57. The normalized spacial score (nSPS) is 13.2. The molecule has 2 rings (SSSR count). The smallest absolute Gasteiger partial charge is 0.237 e. The maximum atomic E-state index is 13.0. The van der Waals surface area contributed by atoms with Crippen molar-refractivity contribution in [3.05, 3.63) is 59.9 Å². The van der Waals surface area contributed by atoms with Crippen LogP contribution in [0.15, 0.2) is 48.5 Å².